The molecule has 0 radical (unpaired) electrons. The minimum absolute atomic E-state index is 0.00625. The molecule has 0 atom stereocenters. The molecule has 2 amide bonds. The average molecular weight is 583 g/mol. The molecule has 0 spiro atoms. The van der Waals surface area contributed by atoms with E-state index >= 15 is 0 Å². The molecule has 212 valence electrons. The first-order chi connectivity index (χ1) is 20.2. The molecule has 1 aromatic heterocycles. The summed E-state index contributed by atoms with van der Waals surface area (Å²) in [7, 11) is -4.48. The molecule has 0 aliphatic heterocycles. The first-order valence-corrected chi connectivity index (χ1v) is 14.5. The van der Waals surface area contributed by atoms with Crippen LogP contribution in [0.5, 0.6) is 0 Å². The molecule has 0 fully saturated rings. The molecule has 42 heavy (non-hydrogen) atoms. The van der Waals surface area contributed by atoms with Gasteiger partial charge >= 0.3 is 5.97 Å². The zero-order valence-corrected chi connectivity index (χ0v) is 23.6. The molecule has 5 rings (SSSR count). The zero-order chi connectivity index (χ0) is 29.9. The Morgan fingerprint density at radius 3 is 2.12 bits per heavy atom. The van der Waals surface area contributed by atoms with Crippen LogP contribution in [0.4, 0.5) is 11.4 Å². The third-order valence-electron chi connectivity index (χ3n) is 6.34. The van der Waals surface area contributed by atoms with E-state index in [4.69, 9.17) is 9.15 Å². The predicted molar refractivity (Wildman–Crippen MR) is 159 cm³/mol. The first kappa shape index (κ1) is 28.3. The summed E-state index contributed by atoms with van der Waals surface area (Å²) in [6.07, 6.45) is 0. The fourth-order valence-electron chi connectivity index (χ4n) is 4.49. The molecule has 10 heteroatoms. The summed E-state index contributed by atoms with van der Waals surface area (Å²) in [6.45, 7) is 3.13. The molecular formula is C32H26N2O7S. The van der Waals surface area contributed by atoms with Gasteiger partial charge in [-0.1, -0.05) is 48.5 Å². The number of esters is 1. The molecule has 4 aromatic carbocycles. The number of carbonyl (C=O) groups is 3. The zero-order valence-electron chi connectivity index (χ0n) is 22.7. The highest BCUT2D eigenvalue weighted by Gasteiger charge is 2.33. The second kappa shape index (κ2) is 11.7. The quantitative estimate of drug-likeness (QED) is 0.214. The van der Waals surface area contributed by atoms with Crippen molar-refractivity contribution in [3.63, 3.8) is 0 Å². The average Bonchev–Trinajstić information content (AvgIpc) is 3.37. The molecule has 5 aromatic rings. The van der Waals surface area contributed by atoms with Crippen LogP contribution in [0.1, 0.15) is 34.6 Å². The summed E-state index contributed by atoms with van der Waals surface area (Å²) >= 11 is 0. The third kappa shape index (κ3) is 5.52. The van der Waals surface area contributed by atoms with Crippen LogP contribution in [0.15, 0.2) is 112 Å². The van der Waals surface area contributed by atoms with Crippen LogP contribution in [0, 0.1) is 0 Å². The van der Waals surface area contributed by atoms with Gasteiger partial charge in [-0.05, 0) is 61.5 Å². The Morgan fingerprint density at radius 1 is 0.857 bits per heavy atom. The van der Waals surface area contributed by atoms with Gasteiger partial charge in [0.1, 0.15) is 16.9 Å². The fraction of sp³-hybridized carbons (Fsp3) is 0.0938. The van der Waals surface area contributed by atoms with Gasteiger partial charge in [-0.25, -0.2) is 13.2 Å². The summed E-state index contributed by atoms with van der Waals surface area (Å²) < 4.78 is 40.2. The maximum atomic E-state index is 14.1. The summed E-state index contributed by atoms with van der Waals surface area (Å²) in [4.78, 5) is 38.3. The van der Waals surface area contributed by atoms with Crippen molar-refractivity contribution in [1.29, 1.82) is 0 Å². The second-order valence-corrected chi connectivity index (χ2v) is 11.0. The molecule has 1 N–H and O–H groups in total. The highest BCUT2D eigenvalue weighted by atomic mass is 32.2. The van der Waals surface area contributed by atoms with Crippen molar-refractivity contribution >= 4 is 50.2 Å². The van der Waals surface area contributed by atoms with E-state index < -0.39 is 21.9 Å². The molecule has 0 aliphatic rings. The Morgan fingerprint density at radius 2 is 1.50 bits per heavy atom. The fourth-order valence-corrected chi connectivity index (χ4v) is 5.90. The van der Waals surface area contributed by atoms with E-state index in [1.807, 2.05) is 6.07 Å². The molecule has 0 aliphatic carbocycles. The Balaban J connectivity index is 1.70. The third-order valence-corrected chi connectivity index (χ3v) is 8.06. The SMILES string of the molecule is CCOC(=O)c1c(-c2ccccc2)oc2ccc(N(C(=O)c3ccccc3)S(=O)(=O)c3ccc(NC(C)=O)cc3)cc12. The van der Waals surface area contributed by atoms with Crippen molar-refractivity contribution in [2.75, 3.05) is 16.2 Å². The number of carbonyl (C=O) groups excluding carboxylic acids is 3. The number of nitrogens with zero attached hydrogens (tertiary/aromatic N) is 1. The second-order valence-electron chi connectivity index (χ2n) is 9.22. The van der Waals surface area contributed by atoms with Crippen LogP contribution in [-0.4, -0.2) is 32.8 Å². The molecular weight excluding hydrogens is 556 g/mol. The van der Waals surface area contributed by atoms with Crippen molar-refractivity contribution in [3.8, 4) is 11.3 Å². The van der Waals surface area contributed by atoms with Gasteiger partial charge in [0.15, 0.2) is 0 Å². The van der Waals surface area contributed by atoms with E-state index in [2.05, 4.69) is 5.32 Å². The van der Waals surface area contributed by atoms with E-state index in [9.17, 15) is 22.8 Å². The lowest BCUT2D eigenvalue weighted by atomic mass is 10.1. The van der Waals surface area contributed by atoms with Crippen LogP contribution in [0.3, 0.4) is 0 Å². The van der Waals surface area contributed by atoms with Gasteiger partial charge in [0.2, 0.25) is 5.91 Å². The monoisotopic (exact) mass is 582 g/mol. The van der Waals surface area contributed by atoms with E-state index in [0.29, 0.717) is 21.1 Å². The smallest absolute Gasteiger partial charge is 0.342 e. The van der Waals surface area contributed by atoms with Crippen LogP contribution < -0.4 is 9.62 Å². The van der Waals surface area contributed by atoms with Crippen LogP contribution >= 0.6 is 0 Å². The molecule has 0 bridgehead atoms. The lowest BCUT2D eigenvalue weighted by Crippen LogP contribution is -2.37. The maximum absolute atomic E-state index is 14.1. The van der Waals surface area contributed by atoms with Gasteiger partial charge in [0.05, 0.1) is 17.2 Å². The van der Waals surface area contributed by atoms with Gasteiger partial charge in [0.25, 0.3) is 15.9 Å². The lowest BCUT2D eigenvalue weighted by molar-refractivity contribution is -0.114. The highest BCUT2D eigenvalue weighted by molar-refractivity contribution is 7.93. The van der Waals surface area contributed by atoms with Crippen molar-refractivity contribution in [2.45, 2.75) is 18.7 Å². The normalized spacial score (nSPS) is 11.2. The number of fused-ring (bicyclic) bond motifs is 1. The number of amides is 2. The Kier molecular flexibility index (Phi) is 7.90. The minimum Gasteiger partial charge on any atom is -0.462 e. The molecule has 9 nitrogen and oxygen atoms in total. The summed E-state index contributed by atoms with van der Waals surface area (Å²) in [6, 6.07) is 26.9. The molecule has 0 unspecified atom stereocenters. The number of hydrogen-bond acceptors (Lipinski definition) is 7. The topological polar surface area (TPSA) is 123 Å². The number of nitrogens with one attached hydrogen (secondary N) is 1. The van der Waals surface area contributed by atoms with Crippen molar-refractivity contribution in [3.05, 3.63) is 114 Å². The lowest BCUT2D eigenvalue weighted by Gasteiger charge is -2.23. The van der Waals surface area contributed by atoms with Crippen molar-refractivity contribution in [1.82, 2.24) is 0 Å². The molecule has 0 saturated carbocycles. The van der Waals surface area contributed by atoms with Crippen molar-refractivity contribution < 1.29 is 32.0 Å². The van der Waals surface area contributed by atoms with E-state index in [0.717, 1.165) is 0 Å². The number of benzene rings is 4. The molecule has 0 saturated heterocycles. The van der Waals surface area contributed by atoms with Gasteiger partial charge in [-0.15, -0.1) is 0 Å². The number of ether oxygens (including phenoxy) is 1. The van der Waals surface area contributed by atoms with E-state index in [1.165, 1.54) is 61.5 Å². The van der Waals surface area contributed by atoms with Crippen LogP contribution in [-0.2, 0) is 19.6 Å². The Hall–Kier alpha value is -5.22. The Bertz CT molecular complexity index is 1880. The minimum atomic E-state index is -4.48. The van der Waals surface area contributed by atoms with Gasteiger partial charge in [-0.2, -0.15) is 4.31 Å². The van der Waals surface area contributed by atoms with E-state index in [-0.39, 0.29) is 45.4 Å². The van der Waals surface area contributed by atoms with Crippen LogP contribution in [0.2, 0.25) is 0 Å². The number of sulfonamides is 1. The van der Waals surface area contributed by atoms with Crippen LogP contribution in [0.25, 0.3) is 22.3 Å². The number of furan rings is 1. The van der Waals surface area contributed by atoms with Crippen molar-refractivity contribution in [2.24, 2.45) is 0 Å². The van der Waals surface area contributed by atoms with Gasteiger partial charge in [-0.3, -0.25) is 9.59 Å². The molecule has 1 heterocycles. The highest BCUT2D eigenvalue weighted by Crippen LogP contribution is 2.37. The number of hydrogen-bond donors (Lipinski definition) is 1. The summed E-state index contributed by atoms with van der Waals surface area (Å²) in [5, 5.41) is 2.87. The largest absolute Gasteiger partial charge is 0.462 e. The predicted octanol–water partition coefficient (Wildman–Crippen LogP) is 6.27. The standard InChI is InChI=1S/C32H26N2O7S/c1-3-40-32(37)29-27-20-25(16-19-28(27)41-30(29)22-10-6-4-7-11-22)34(31(36)23-12-8-5-9-13-23)42(38,39)26-17-14-24(15-18-26)33-21(2)35/h4-20H,3H2,1-2H3,(H,33,35). The first-order valence-electron chi connectivity index (χ1n) is 13.0. The summed E-state index contributed by atoms with van der Waals surface area (Å²) in [5.41, 5.74) is 1.58. The van der Waals surface area contributed by atoms with Gasteiger partial charge in [0, 0.05) is 29.1 Å². The Labute approximate surface area is 242 Å². The van der Waals surface area contributed by atoms with Gasteiger partial charge < -0.3 is 14.5 Å². The number of rotatable bonds is 8. The number of anilines is 2. The maximum Gasteiger partial charge on any atom is 0.342 e. The summed E-state index contributed by atoms with van der Waals surface area (Å²) in [5.74, 6) is -1.50. The van der Waals surface area contributed by atoms with E-state index in [1.54, 1.807) is 49.4 Å².